The molecule has 1 unspecified atom stereocenters. The van der Waals surface area contributed by atoms with E-state index in [9.17, 15) is 9.18 Å². The van der Waals surface area contributed by atoms with Crippen LogP contribution >= 0.6 is 0 Å². The molecular formula is C23H29FN6O2. The lowest BCUT2D eigenvalue weighted by Crippen LogP contribution is -2.45. The van der Waals surface area contributed by atoms with Crippen molar-refractivity contribution in [2.24, 2.45) is 4.99 Å². The molecule has 1 aromatic carbocycles. The van der Waals surface area contributed by atoms with Crippen LogP contribution in [0.2, 0.25) is 0 Å². The number of ether oxygens (including phenoxy) is 1. The number of hydrogen-bond donors (Lipinski definition) is 3. The van der Waals surface area contributed by atoms with E-state index < -0.39 is 0 Å². The fraction of sp³-hybridized carbons (Fsp3) is 0.435. The number of carbonyl (C=O) groups excluding carboxylic acids is 1. The van der Waals surface area contributed by atoms with Gasteiger partial charge < -0.3 is 25.6 Å². The van der Waals surface area contributed by atoms with Crippen molar-refractivity contribution in [1.82, 2.24) is 15.6 Å². The molecule has 2 aliphatic heterocycles. The Hall–Kier alpha value is -3.36. The zero-order chi connectivity index (χ0) is 22.3. The predicted octanol–water partition coefficient (Wildman–Crippen LogP) is 2.32. The average molecular weight is 441 g/mol. The number of rotatable bonds is 7. The Labute approximate surface area is 187 Å². The number of benzene rings is 1. The van der Waals surface area contributed by atoms with Crippen molar-refractivity contribution in [3.8, 4) is 5.75 Å². The van der Waals surface area contributed by atoms with Gasteiger partial charge in [-0.05, 0) is 55.7 Å². The highest BCUT2D eigenvalue weighted by atomic mass is 19.1. The van der Waals surface area contributed by atoms with Crippen LogP contribution in [0.15, 0.2) is 41.5 Å². The molecule has 2 aliphatic rings. The summed E-state index contributed by atoms with van der Waals surface area (Å²) in [6.45, 7) is 5.11. The summed E-state index contributed by atoms with van der Waals surface area (Å²) in [7, 11) is 0. The van der Waals surface area contributed by atoms with E-state index in [2.05, 4.69) is 25.9 Å². The Morgan fingerprint density at radius 2 is 2.28 bits per heavy atom. The number of amides is 1. The summed E-state index contributed by atoms with van der Waals surface area (Å²) in [5.74, 6) is 1.65. The van der Waals surface area contributed by atoms with Crippen LogP contribution in [0.4, 0.5) is 15.9 Å². The van der Waals surface area contributed by atoms with Crippen LogP contribution in [-0.4, -0.2) is 55.7 Å². The van der Waals surface area contributed by atoms with Gasteiger partial charge in [-0.3, -0.25) is 4.79 Å². The number of aryl methyl sites for hydroxylation is 1. The van der Waals surface area contributed by atoms with Gasteiger partial charge in [0, 0.05) is 44.0 Å². The number of halogens is 1. The Bertz CT molecular complexity index is 983. The minimum absolute atomic E-state index is 0.0551. The van der Waals surface area contributed by atoms with Crippen LogP contribution in [0.3, 0.4) is 0 Å². The number of aromatic nitrogens is 1. The molecule has 170 valence electrons. The van der Waals surface area contributed by atoms with E-state index in [0.717, 1.165) is 48.9 Å². The molecule has 3 N–H and O–H groups in total. The second-order valence-corrected chi connectivity index (χ2v) is 7.86. The Morgan fingerprint density at radius 1 is 1.38 bits per heavy atom. The van der Waals surface area contributed by atoms with Crippen LogP contribution < -0.4 is 25.6 Å². The number of nitrogens with one attached hydrogen (secondary N) is 3. The highest BCUT2D eigenvalue weighted by Crippen LogP contribution is 2.26. The van der Waals surface area contributed by atoms with Crippen molar-refractivity contribution in [3.63, 3.8) is 0 Å². The summed E-state index contributed by atoms with van der Waals surface area (Å²) in [6, 6.07) is 8.92. The number of hydrogen-bond acceptors (Lipinski definition) is 5. The Morgan fingerprint density at radius 3 is 3.12 bits per heavy atom. The van der Waals surface area contributed by atoms with Gasteiger partial charge in [0.2, 0.25) is 5.91 Å². The molecule has 0 spiro atoms. The third-order valence-corrected chi connectivity index (χ3v) is 5.51. The van der Waals surface area contributed by atoms with Crippen molar-refractivity contribution in [2.75, 3.05) is 43.0 Å². The first-order valence-corrected chi connectivity index (χ1v) is 11.1. The minimum atomic E-state index is -0.296. The molecule has 0 aliphatic carbocycles. The standard InChI is InChI=1S/C23H29FN6O2/c1-2-25-23(28-17-9-12-30(15-17)22-19(24)4-3-10-26-22)27-11-13-32-18-6-7-20-16(14-18)5-8-21(31)29-20/h3-4,6-7,10,14,17H,2,5,8-9,11-13,15H2,1H3,(H,29,31)(H2,25,27,28). The maximum atomic E-state index is 14.0. The third kappa shape index (κ3) is 5.46. The van der Waals surface area contributed by atoms with Gasteiger partial charge in [-0.15, -0.1) is 0 Å². The van der Waals surface area contributed by atoms with E-state index in [1.54, 1.807) is 12.3 Å². The largest absolute Gasteiger partial charge is 0.492 e. The SMILES string of the molecule is CCNC(=NCCOc1ccc2c(c1)CCC(=O)N2)NC1CCN(c2ncccc2F)C1. The summed E-state index contributed by atoms with van der Waals surface area (Å²) in [5, 5.41) is 9.56. The number of aliphatic imine (C=N–C) groups is 1. The molecule has 9 heteroatoms. The zero-order valence-corrected chi connectivity index (χ0v) is 18.2. The molecule has 0 radical (unpaired) electrons. The molecule has 8 nitrogen and oxygen atoms in total. The number of fused-ring (bicyclic) bond motifs is 1. The van der Waals surface area contributed by atoms with Crippen LogP contribution in [0.1, 0.15) is 25.3 Å². The van der Waals surface area contributed by atoms with Crippen molar-refractivity contribution in [2.45, 2.75) is 32.2 Å². The van der Waals surface area contributed by atoms with Gasteiger partial charge in [0.25, 0.3) is 0 Å². The molecule has 0 bridgehead atoms. The van der Waals surface area contributed by atoms with E-state index in [-0.39, 0.29) is 17.8 Å². The lowest BCUT2D eigenvalue weighted by Gasteiger charge is -2.20. The molecule has 1 saturated heterocycles. The first-order chi connectivity index (χ1) is 15.6. The number of guanidine groups is 1. The predicted molar refractivity (Wildman–Crippen MR) is 123 cm³/mol. The second kappa shape index (κ2) is 10.3. The normalized spacial score (nSPS) is 18.2. The van der Waals surface area contributed by atoms with Crippen LogP contribution in [-0.2, 0) is 11.2 Å². The third-order valence-electron chi connectivity index (χ3n) is 5.51. The quantitative estimate of drug-likeness (QED) is 0.348. The van der Waals surface area contributed by atoms with Gasteiger partial charge in [0.15, 0.2) is 17.6 Å². The van der Waals surface area contributed by atoms with Crippen LogP contribution in [0, 0.1) is 5.82 Å². The van der Waals surface area contributed by atoms with Gasteiger partial charge >= 0.3 is 0 Å². The first-order valence-electron chi connectivity index (χ1n) is 11.1. The summed E-state index contributed by atoms with van der Waals surface area (Å²) in [5.41, 5.74) is 1.96. The molecule has 1 fully saturated rings. The highest BCUT2D eigenvalue weighted by molar-refractivity contribution is 5.94. The van der Waals surface area contributed by atoms with Gasteiger partial charge in [-0.2, -0.15) is 0 Å². The number of carbonyl (C=O) groups is 1. The Kier molecular flexibility index (Phi) is 7.03. The second-order valence-electron chi connectivity index (χ2n) is 7.86. The lowest BCUT2D eigenvalue weighted by atomic mass is 10.0. The minimum Gasteiger partial charge on any atom is -0.492 e. The Balaban J connectivity index is 1.27. The van der Waals surface area contributed by atoms with Gasteiger partial charge in [-0.25, -0.2) is 14.4 Å². The molecule has 0 saturated carbocycles. The van der Waals surface area contributed by atoms with Crippen molar-refractivity contribution in [1.29, 1.82) is 0 Å². The van der Waals surface area contributed by atoms with E-state index in [1.165, 1.54) is 6.07 Å². The molecule has 4 rings (SSSR count). The zero-order valence-electron chi connectivity index (χ0n) is 18.2. The van der Waals surface area contributed by atoms with Crippen LogP contribution in [0.25, 0.3) is 0 Å². The number of nitrogens with zero attached hydrogens (tertiary/aromatic N) is 3. The number of pyridine rings is 1. The molecule has 1 amide bonds. The fourth-order valence-corrected chi connectivity index (χ4v) is 3.96. The van der Waals surface area contributed by atoms with Gasteiger partial charge in [0.1, 0.15) is 12.4 Å². The molecular weight excluding hydrogens is 411 g/mol. The smallest absolute Gasteiger partial charge is 0.224 e. The van der Waals surface area contributed by atoms with E-state index >= 15 is 0 Å². The highest BCUT2D eigenvalue weighted by Gasteiger charge is 2.26. The monoisotopic (exact) mass is 440 g/mol. The molecule has 2 aromatic rings. The molecule has 3 heterocycles. The fourth-order valence-electron chi connectivity index (χ4n) is 3.96. The molecule has 1 aromatic heterocycles. The summed E-state index contributed by atoms with van der Waals surface area (Å²) < 4.78 is 19.9. The van der Waals surface area contributed by atoms with Crippen LogP contribution in [0.5, 0.6) is 5.75 Å². The lowest BCUT2D eigenvalue weighted by molar-refractivity contribution is -0.116. The average Bonchev–Trinajstić information content (AvgIpc) is 3.25. The van der Waals surface area contributed by atoms with E-state index in [4.69, 9.17) is 4.74 Å². The maximum absolute atomic E-state index is 14.0. The number of anilines is 2. The summed E-state index contributed by atoms with van der Waals surface area (Å²) in [6.07, 6.45) is 3.72. The van der Waals surface area contributed by atoms with Gasteiger partial charge in [0.05, 0.1) is 6.54 Å². The summed E-state index contributed by atoms with van der Waals surface area (Å²) in [4.78, 5) is 22.2. The molecule has 32 heavy (non-hydrogen) atoms. The maximum Gasteiger partial charge on any atom is 0.224 e. The van der Waals surface area contributed by atoms with Crippen molar-refractivity contribution >= 4 is 23.4 Å². The molecule has 1 atom stereocenters. The van der Waals surface area contributed by atoms with E-state index in [1.807, 2.05) is 30.0 Å². The van der Waals surface area contributed by atoms with E-state index in [0.29, 0.717) is 31.9 Å². The van der Waals surface area contributed by atoms with Crippen molar-refractivity contribution in [3.05, 3.63) is 47.9 Å². The topological polar surface area (TPSA) is 90.9 Å². The first kappa shape index (κ1) is 21.9. The van der Waals surface area contributed by atoms with Crippen molar-refractivity contribution < 1.29 is 13.9 Å². The van der Waals surface area contributed by atoms with Gasteiger partial charge in [-0.1, -0.05) is 0 Å². The summed E-state index contributed by atoms with van der Waals surface area (Å²) >= 11 is 0.